The van der Waals surface area contributed by atoms with E-state index in [0.29, 0.717) is 5.69 Å². The number of anilines is 1. The van der Waals surface area contributed by atoms with E-state index in [9.17, 15) is 0 Å². The van der Waals surface area contributed by atoms with E-state index in [2.05, 4.69) is 15.1 Å². The Balaban J connectivity index is 2.87. The summed E-state index contributed by atoms with van der Waals surface area (Å²) in [6.45, 7) is 1.67. The van der Waals surface area contributed by atoms with Crippen LogP contribution in [0.25, 0.3) is 5.78 Å². The van der Waals surface area contributed by atoms with E-state index < -0.39 is 20.9 Å². The molecule has 0 fully saturated rings. The lowest BCUT2D eigenvalue weighted by molar-refractivity contribution is 0.591. The molecule has 25 heavy (non-hydrogen) atoms. The zero-order valence-corrected chi connectivity index (χ0v) is 13.7. The topological polar surface area (TPSA) is 46.3 Å². The normalized spacial score (nSPS) is 13.8. The summed E-state index contributed by atoms with van der Waals surface area (Å²) < 4.78 is 1.22. The molecule has 2 aromatic rings. The third-order valence-electron chi connectivity index (χ3n) is 3.72. The molecular weight excluding hydrogens is 298 g/mol. The fourth-order valence-corrected chi connectivity index (χ4v) is 2.14. The van der Waals surface area contributed by atoms with Gasteiger partial charge in [-0.05, 0) is 6.92 Å². The highest BCUT2D eigenvalue weighted by molar-refractivity contribution is 6.70. The Kier molecular flexibility index (Phi) is 4.89. The van der Waals surface area contributed by atoms with Crippen molar-refractivity contribution >= 4 is 90.1 Å². The SMILES string of the molecule is [B]C([B])([B])C([B])([B])N(c1cc(C)nc2ncnn12)C([B])([B])C([B])([B])[B]. The molecule has 2 aromatic heterocycles. The third-order valence-corrected chi connectivity index (χ3v) is 3.72. The van der Waals surface area contributed by atoms with Gasteiger partial charge in [-0.15, -0.1) is 10.2 Å². The van der Waals surface area contributed by atoms with Crippen LogP contribution in [0.1, 0.15) is 5.69 Å². The van der Waals surface area contributed by atoms with E-state index in [-0.39, 0.29) is 11.6 Å². The molecule has 0 bridgehead atoms. The van der Waals surface area contributed by atoms with Gasteiger partial charge >= 0.3 is 0 Å². The molecule has 0 aliphatic rings. The lowest BCUT2D eigenvalue weighted by Crippen LogP contribution is -2.72. The van der Waals surface area contributed by atoms with E-state index in [1.807, 2.05) is 0 Å². The first-order valence-electron chi connectivity index (χ1n) is 6.97. The second kappa shape index (κ2) is 6.02. The minimum absolute atomic E-state index is 0.0615. The van der Waals surface area contributed by atoms with Crippen molar-refractivity contribution in [1.29, 1.82) is 0 Å². The number of nitrogens with zero attached hydrogens (tertiary/aromatic N) is 5. The van der Waals surface area contributed by atoms with Crippen LogP contribution in [0.5, 0.6) is 0 Å². The van der Waals surface area contributed by atoms with Crippen molar-refractivity contribution in [2.75, 3.05) is 4.90 Å². The molecule has 0 saturated carbocycles. The van der Waals surface area contributed by atoms with Gasteiger partial charge in [-0.25, -0.2) is 4.98 Å². The maximum atomic E-state index is 6.08. The molecule has 2 rings (SSSR count). The molecule has 0 spiro atoms. The highest BCUT2D eigenvalue weighted by Gasteiger charge is 2.46. The first kappa shape index (κ1) is 20.3. The van der Waals surface area contributed by atoms with Crippen LogP contribution in [0.4, 0.5) is 5.82 Å². The van der Waals surface area contributed by atoms with Gasteiger partial charge in [0.1, 0.15) is 12.1 Å². The lowest BCUT2D eigenvalue weighted by Gasteiger charge is -2.63. The Morgan fingerprint density at radius 3 is 1.80 bits per heavy atom. The lowest BCUT2D eigenvalue weighted by atomic mass is 9.22. The fraction of sp³-hybridized carbons (Fsp3) is 0.500. The molecular formula is C10H5B10N5. The number of aromatic nitrogens is 4. The molecule has 15 heteroatoms. The molecule has 0 atom stereocenters. The summed E-state index contributed by atoms with van der Waals surface area (Å²) in [5.41, 5.74) is 0.487. The van der Waals surface area contributed by atoms with E-state index >= 15 is 0 Å². The molecule has 100 valence electrons. The van der Waals surface area contributed by atoms with Crippen LogP contribution >= 0.6 is 0 Å². The Labute approximate surface area is 160 Å². The van der Waals surface area contributed by atoms with Crippen LogP contribution in [-0.4, -0.2) is 109 Å². The van der Waals surface area contributed by atoms with Gasteiger partial charge < -0.3 is 4.90 Å². The Morgan fingerprint density at radius 2 is 1.36 bits per heavy atom. The predicted octanol–water partition coefficient (Wildman–Crippen LogP) is -3.62. The maximum absolute atomic E-state index is 6.08. The smallest absolute Gasteiger partial charge is 0.254 e. The average Bonchev–Trinajstić information content (AvgIpc) is 2.83. The van der Waals surface area contributed by atoms with Crippen molar-refractivity contribution in [2.24, 2.45) is 0 Å². The summed E-state index contributed by atoms with van der Waals surface area (Å²) in [6.07, 6.45) is 1.23. The Bertz CT molecular complexity index is 750. The van der Waals surface area contributed by atoms with E-state index in [1.165, 1.54) is 16.9 Å². The van der Waals surface area contributed by atoms with Crippen molar-refractivity contribution in [3.63, 3.8) is 0 Å². The van der Waals surface area contributed by atoms with Gasteiger partial charge in [-0.2, -0.15) is 14.6 Å². The number of aryl methyl sites for hydroxylation is 1. The van der Waals surface area contributed by atoms with Crippen LogP contribution in [0.2, 0.25) is 10.2 Å². The molecule has 0 amide bonds. The van der Waals surface area contributed by atoms with E-state index in [1.54, 1.807) is 6.92 Å². The van der Waals surface area contributed by atoms with Crippen LogP contribution in [-0.2, 0) is 0 Å². The van der Waals surface area contributed by atoms with Crippen molar-refractivity contribution < 1.29 is 0 Å². The van der Waals surface area contributed by atoms with Crippen molar-refractivity contribution in [3.8, 4) is 0 Å². The maximum Gasteiger partial charge on any atom is 0.254 e. The molecule has 5 nitrogen and oxygen atoms in total. The summed E-state index contributed by atoms with van der Waals surface area (Å²) in [4.78, 5) is 9.04. The summed E-state index contributed by atoms with van der Waals surface area (Å²) in [5.74, 6) is 0.242. The van der Waals surface area contributed by atoms with Crippen molar-refractivity contribution in [1.82, 2.24) is 19.6 Å². The number of rotatable bonds is 5. The molecule has 0 unspecified atom stereocenters. The second-order valence-corrected chi connectivity index (χ2v) is 6.08. The molecule has 20 radical (unpaired) electrons. The predicted molar refractivity (Wildman–Crippen MR) is 106 cm³/mol. The standard InChI is InChI=1S/C10H5B10N5/c1-4-2-5(24-6(23-4)21-3-22-24)25(9(17,18)7(11,12)13)10(19,20)8(14,15)16/h2-3H,1H3. The Morgan fingerprint density at radius 1 is 0.880 bits per heavy atom. The quantitative estimate of drug-likeness (QED) is 0.535. The third kappa shape index (κ3) is 3.35. The molecule has 0 saturated heterocycles. The minimum Gasteiger partial charge on any atom is -0.383 e. The fourth-order valence-electron chi connectivity index (χ4n) is 2.14. The minimum atomic E-state index is -2.29. The monoisotopic (exact) mass is 305 g/mol. The summed E-state index contributed by atoms with van der Waals surface area (Å²) in [7, 11) is 58.6. The van der Waals surface area contributed by atoms with Gasteiger partial charge in [-0.3, -0.25) is 0 Å². The van der Waals surface area contributed by atoms with Gasteiger partial charge in [0.2, 0.25) is 0 Å². The van der Waals surface area contributed by atoms with Crippen LogP contribution in [0.15, 0.2) is 12.4 Å². The van der Waals surface area contributed by atoms with Gasteiger partial charge in [0.25, 0.3) is 5.78 Å². The zero-order valence-electron chi connectivity index (χ0n) is 13.7. The van der Waals surface area contributed by atoms with E-state index in [0.717, 1.165) is 4.90 Å². The van der Waals surface area contributed by atoms with Gasteiger partial charge in [0.15, 0.2) is 0 Å². The van der Waals surface area contributed by atoms with Crippen LogP contribution in [0, 0.1) is 6.92 Å². The summed E-state index contributed by atoms with van der Waals surface area (Å²) in [5, 5.41) is -5.00. The first-order chi connectivity index (χ1) is 11.1. The highest BCUT2D eigenvalue weighted by atomic mass is 15.4. The summed E-state index contributed by atoms with van der Waals surface area (Å²) in [6, 6.07) is 1.47. The Hall–Kier alpha value is -1.00. The van der Waals surface area contributed by atoms with Gasteiger partial charge in [-0.1, -0.05) is 10.7 Å². The second-order valence-electron chi connectivity index (χ2n) is 6.08. The molecule has 0 aliphatic heterocycles. The molecule has 0 aromatic carbocycles. The van der Waals surface area contributed by atoms with Crippen molar-refractivity contribution in [2.45, 2.75) is 27.8 Å². The zero-order chi connectivity index (χ0) is 19.4. The number of fused-ring (bicyclic) bond motifs is 1. The van der Waals surface area contributed by atoms with Crippen LogP contribution in [0.3, 0.4) is 0 Å². The summed E-state index contributed by atoms with van der Waals surface area (Å²) >= 11 is 0. The molecule has 2 heterocycles. The molecule has 0 aliphatic carbocycles. The highest BCUT2D eigenvalue weighted by Crippen LogP contribution is 2.42. The number of hydrogen-bond acceptors (Lipinski definition) is 4. The average molecular weight is 303 g/mol. The van der Waals surface area contributed by atoms with Gasteiger partial charge in [0, 0.05) is 11.8 Å². The number of hydrogen-bond donors (Lipinski definition) is 0. The molecule has 0 N–H and O–H groups in total. The van der Waals surface area contributed by atoms with Gasteiger partial charge in [0.05, 0.1) is 78.5 Å². The van der Waals surface area contributed by atoms with E-state index in [4.69, 9.17) is 78.5 Å². The van der Waals surface area contributed by atoms with Crippen molar-refractivity contribution in [3.05, 3.63) is 18.1 Å². The van der Waals surface area contributed by atoms with Crippen LogP contribution < -0.4 is 4.90 Å². The first-order valence-corrected chi connectivity index (χ1v) is 6.97. The largest absolute Gasteiger partial charge is 0.383 e.